The summed E-state index contributed by atoms with van der Waals surface area (Å²) in [6.07, 6.45) is 0.784. The van der Waals surface area contributed by atoms with Crippen LogP contribution in [0.4, 0.5) is 10.5 Å². The van der Waals surface area contributed by atoms with Gasteiger partial charge in [-0.05, 0) is 37.1 Å². The van der Waals surface area contributed by atoms with Gasteiger partial charge in [-0.2, -0.15) is 0 Å². The molecule has 6 nitrogen and oxygen atoms in total. The molecule has 0 fully saturated rings. The van der Waals surface area contributed by atoms with Crippen LogP contribution in [0.2, 0.25) is 0 Å². The lowest BCUT2D eigenvalue weighted by atomic mass is 10.1. The molecular weight excluding hydrogens is 344 g/mol. The number of amides is 2. The summed E-state index contributed by atoms with van der Waals surface area (Å²) in [5, 5.41) is 5.60. The molecule has 146 valence electrons. The minimum atomic E-state index is -0.298. The van der Waals surface area contributed by atoms with Crippen molar-refractivity contribution in [1.29, 1.82) is 0 Å². The van der Waals surface area contributed by atoms with Crippen molar-refractivity contribution in [3.8, 4) is 11.5 Å². The predicted molar refractivity (Wildman–Crippen MR) is 107 cm³/mol. The van der Waals surface area contributed by atoms with Crippen molar-refractivity contribution >= 4 is 11.7 Å². The van der Waals surface area contributed by atoms with Crippen molar-refractivity contribution < 1.29 is 19.0 Å². The Bertz CT molecular complexity index is 714. The van der Waals surface area contributed by atoms with Gasteiger partial charge in [-0.1, -0.05) is 30.3 Å². The molecule has 0 saturated carbocycles. The van der Waals surface area contributed by atoms with E-state index in [2.05, 4.69) is 10.6 Å². The lowest BCUT2D eigenvalue weighted by molar-refractivity contribution is 0.172. The number of anilines is 1. The van der Waals surface area contributed by atoms with E-state index in [1.807, 2.05) is 50.2 Å². The molecule has 2 aromatic rings. The van der Waals surface area contributed by atoms with Gasteiger partial charge >= 0.3 is 6.03 Å². The van der Waals surface area contributed by atoms with Crippen LogP contribution in [0, 0.1) is 13.8 Å². The summed E-state index contributed by atoms with van der Waals surface area (Å²) in [5.41, 5.74) is 2.79. The maximum atomic E-state index is 12.1. The highest BCUT2D eigenvalue weighted by molar-refractivity contribution is 5.90. The van der Waals surface area contributed by atoms with E-state index in [0.29, 0.717) is 37.8 Å². The molecule has 0 aliphatic carbocycles. The average Bonchev–Trinajstić information content (AvgIpc) is 2.65. The smallest absolute Gasteiger partial charge is 0.319 e. The fourth-order valence-corrected chi connectivity index (χ4v) is 2.59. The van der Waals surface area contributed by atoms with Crippen LogP contribution in [0.5, 0.6) is 11.5 Å². The van der Waals surface area contributed by atoms with Gasteiger partial charge in [0.05, 0.1) is 18.8 Å². The highest BCUT2D eigenvalue weighted by atomic mass is 16.5. The summed E-state index contributed by atoms with van der Waals surface area (Å²) in [6, 6.07) is 13.1. The van der Waals surface area contributed by atoms with E-state index < -0.39 is 0 Å². The number of para-hydroxylation sites is 3. The van der Waals surface area contributed by atoms with Gasteiger partial charge in [0.1, 0.15) is 18.1 Å². The Balaban J connectivity index is 1.77. The molecule has 0 bridgehead atoms. The third kappa shape index (κ3) is 6.83. The highest BCUT2D eigenvalue weighted by Gasteiger charge is 2.08. The lowest BCUT2D eigenvalue weighted by Gasteiger charge is -2.14. The number of nitrogens with one attached hydrogen (secondary N) is 2. The molecule has 0 aromatic heterocycles. The van der Waals surface area contributed by atoms with Crippen molar-refractivity contribution in [2.45, 2.75) is 20.3 Å². The molecule has 2 amide bonds. The third-order valence-corrected chi connectivity index (χ3v) is 3.93. The Morgan fingerprint density at radius 3 is 2.41 bits per heavy atom. The van der Waals surface area contributed by atoms with Gasteiger partial charge < -0.3 is 24.8 Å². The summed E-state index contributed by atoms with van der Waals surface area (Å²) in [5.74, 6) is 1.50. The molecule has 0 aliphatic rings. The predicted octanol–water partition coefficient (Wildman–Crippen LogP) is 3.92. The molecule has 2 rings (SSSR count). The quantitative estimate of drug-likeness (QED) is 0.620. The number of benzene rings is 2. The zero-order valence-corrected chi connectivity index (χ0v) is 16.2. The second-order valence-corrected chi connectivity index (χ2v) is 6.14. The molecule has 2 aromatic carbocycles. The largest absolute Gasteiger partial charge is 0.491 e. The number of urea groups is 1. The topological polar surface area (TPSA) is 68.8 Å². The maximum absolute atomic E-state index is 12.1. The first-order chi connectivity index (χ1) is 13.1. The normalized spacial score (nSPS) is 10.3. The summed E-state index contributed by atoms with van der Waals surface area (Å²) in [4.78, 5) is 12.1. The summed E-state index contributed by atoms with van der Waals surface area (Å²) in [7, 11) is 1.66. The van der Waals surface area contributed by atoms with Crippen molar-refractivity contribution in [3.05, 3.63) is 53.6 Å². The number of hydrogen-bond donors (Lipinski definition) is 2. The fraction of sp³-hybridized carbons (Fsp3) is 0.381. The van der Waals surface area contributed by atoms with Gasteiger partial charge in [0.25, 0.3) is 0 Å². The fourth-order valence-electron chi connectivity index (χ4n) is 2.59. The molecule has 0 heterocycles. The van der Waals surface area contributed by atoms with Crippen molar-refractivity contribution in [2.75, 3.05) is 38.8 Å². The lowest BCUT2D eigenvalue weighted by Crippen LogP contribution is -2.32. The van der Waals surface area contributed by atoms with Gasteiger partial charge in [0, 0.05) is 20.1 Å². The van der Waals surface area contributed by atoms with Crippen LogP contribution in [-0.4, -0.2) is 39.5 Å². The Kier molecular flexibility index (Phi) is 8.45. The number of carbonyl (C=O) groups excluding carboxylic acids is 1. The molecule has 27 heavy (non-hydrogen) atoms. The zero-order valence-electron chi connectivity index (χ0n) is 16.2. The number of hydrogen-bond acceptors (Lipinski definition) is 4. The van der Waals surface area contributed by atoms with E-state index in [1.54, 1.807) is 13.2 Å². The van der Waals surface area contributed by atoms with Crippen LogP contribution in [0.25, 0.3) is 0 Å². The molecule has 0 spiro atoms. The third-order valence-electron chi connectivity index (χ3n) is 3.93. The summed E-state index contributed by atoms with van der Waals surface area (Å²) >= 11 is 0. The molecule has 0 radical (unpaired) electrons. The number of aryl methyl sites for hydroxylation is 2. The number of ether oxygens (including phenoxy) is 3. The van der Waals surface area contributed by atoms with Crippen LogP contribution in [0.3, 0.4) is 0 Å². The monoisotopic (exact) mass is 372 g/mol. The van der Waals surface area contributed by atoms with Gasteiger partial charge in [0.15, 0.2) is 0 Å². The van der Waals surface area contributed by atoms with Gasteiger partial charge in [0.2, 0.25) is 0 Å². The van der Waals surface area contributed by atoms with E-state index in [1.165, 1.54) is 0 Å². The highest BCUT2D eigenvalue weighted by Crippen LogP contribution is 2.24. The van der Waals surface area contributed by atoms with Crippen molar-refractivity contribution in [3.63, 3.8) is 0 Å². The Labute approximate surface area is 160 Å². The average molecular weight is 372 g/mol. The van der Waals surface area contributed by atoms with Gasteiger partial charge in [-0.25, -0.2) is 4.79 Å². The first-order valence-corrected chi connectivity index (χ1v) is 9.06. The minimum absolute atomic E-state index is 0.298. The van der Waals surface area contributed by atoms with Gasteiger partial charge in [-0.3, -0.25) is 0 Å². The van der Waals surface area contributed by atoms with Crippen molar-refractivity contribution in [2.24, 2.45) is 0 Å². The molecule has 0 unspecified atom stereocenters. The Hall–Kier alpha value is -2.73. The Morgan fingerprint density at radius 2 is 1.67 bits per heavy atom. The first-order valence-electron chi connectivity index (χ1n) is 9.06. The van der Waals surface area contributed by atoms with Crippen LogP contribution in [0.15, 0.2) is 42.5 Å². The number of rotatable bonds is 10. The Morgan fingerprint density at radius 1 is 0.926 bits per heavy atom. The summed E-state index contributed by atoms with van der Waals surface area (Å²) < 4.78 is 16.5. The van der Waals surface area contributed by atoms with Crippen LogP contribution < -0.4 is 20.1 Å². The molecule has 0 saturated heterocycles. The molecular formula is C21H28N2O4. The minimum Gasteiger partial charge on any atom is -0.491 e. The van der Waals surface area contributed by atoms with Crippen LogP contribution >= 0.6 is 0 Å². The molecule has 0 aliphatic heterocycles. The molecule has 0 atom stereocenters. The zero-order chi connectivity index (χ0) is 19.5. The van der Waals surface area contributed by atoms with E-state index in [0.717, 1.165) is 23.3 Å². The second kappa shape index (κ2) is 11.1. The van der Waals surface area contributed by atoms with E-state index in [-0.39, 0.29) is 6.03 Å². The second-order valence-electron chi connectivity index (χ2n) is 6.14. The van der Waals surface area contributed by atoms with Gasteiger partial charge in [-0.15, -0.1) is 0 Å². The first kappa shape index (κ1) is 20.6. The van der Waals surface area contributed by atoms with E-state index >= 15 is 0 Å². The molecule has 6 heteroatoms. The SMILES string of the molecule is COCCCOc1ccccc1NC(=O)NCCOc1c(C)cccc1C. The van der Waals surface area contributed by atoms with Crippen molar-refractivity contribution in [1.82, 2.24) is 5.32 Å². The van der Waals surface area contributed by atoms with Crippen LogP contribution in [0.1, 0.15) is 17.5 Å². The number of methoxy groups -OCH3 is 1. The van der Waals surface area contributed by atoms with Crippen LogP contribution in [-0.2, 0) is 4.74 Å². The summed E-state index contributed by atoms with van der Waals surface area (Å²) in [6.45, 7) is 5.97. The van der Waals surface area contributed by atoms with E-state index in [9.17, 15) is 4.79 Å². The van der Waals surface area contributed by atoms with E-state index in [4.69, 9.17) is 14.2 Å². The standard InChI is InChI=1S/C21H28N2O4/c1-16-8-6-9-17(2)20(16)27-15-12-22-21(24)23-18-10-4-5-11-19(18)26-14-7-13-25-3/h4-6,8-11H,7,12-15H2,1-3H3,(H2,22,23,24). The molecule has 2 N–H and O–H groups in total. The number of carbonyl (C=O) groups is 1. The maximum Gasteiger partial charge on any atom is 0.319 e.